The van der Waals surface area contributed by atoms with Gasteiger partial charge >= 0.3 is 0 Å². The van der Waals surface area contributed by atoms with E-state index >= 15 is 0 Å². The topological polar surface area (TPSA) is 63.9 Å². The molecular formula is C23H22ClN5O. The predicted octanol–water partition coefficient (Wildman–Crippen LogP) is 4.75. The van der Waals surface area contributed by atoms with Gasteiger partial charge in [-0.1, -0.05) is 17.7 Å². The third-order valence-electron chi connectivity index (χ3n) is 5.19. The number of pyridine rings is 2. The highest BCUT2D eigenvalue weighted by atomic mass is 35.5. The molecule has 0 fully saturated rings. The fourth-order valence-electron chi connectivity index (χ4n) is 3.51. The normalized spacial score (nSPS) is 11.1. The molecule has 7 heteroatoms. The zero-order valence-corrected chi connectivity index (χ0v) is 17.9. The molecule has 0 bridgehead atoms. The van der Waals surface area contributed by atoms with Gasteiger partial charge in [0.2, 0.25) is 0 Å². The highest BCUT2D eigenvalue weighted by molar-refractivity contribution is 6.31. The summed E-state index contributed by atoms with van der Waals surface area (Å²) in [5, 5.41) is 5.66. The lowest BCUT2D eigenvalue weighted by atomic mass is 10.0. The first-order chi connectivity index (χ1) is 14.5. The molecule has 0 saturated carbocycles. The number of fused-ring (bicyclic) bond motifs is 1. The second-order valence-electron chi connectivity index (χ2n) is 7.16. The number of aromatic nitrogens is 4. The summed E-state index contributed by atoms with van der Waals surface area (Å²) in [5.41, 5.74) is 4.70. The minimum Gasteiger partial charge on any atom is -0.337 e. The zero-order chi connectivity index (χ0) is 21.3. The van der Waals surface area contributed by atoms with E-state index in [1.807, 2.05) is 49.0 Å². The van der Waals surface area contributed by atoms with Crippen LogP contribution in [0.3, 0.4) is 0 Å². The molecule has 0 N–H and O–H groups in total. The second kappa shape index (κ2) is 8.24. The van der Waals surface area contributed by atoms with Gasteiger partial charge in [0, 0.05) is 48.0 Å². The van der Waals surface area contributed by atoms with Gasteiger partial charge in [-0.2, -0.15) is 5.10 Å². The van der Waals surface area contributed by atoms with Gasteiger partial charge < -0.3 is 4.90 Å². The number of halogens is 1. The van der Waals surface area contributed by atoms with Crippen LogP contribution < -0.4 is 0 Å². The number of hydrogen-bond donors (Lipinski definition) is 0. The van der Waals surface area contributed by atoms with Crippen molar-refractivity contribution in [3.63, 3.8) is 0 Å². The van der Waals surface area contributed by atoms with E-state index in [0.717, 1.165) is 23.2 Å². The average molecular weight is 420 g/mol. The highest BCUT2D eigenvalue weighted by Crippen LogP contribution is 2.27. The van der Waals surface area contributed by atoms with Gasteiger partial charge in [0.25, 0.3) is 5.91 Å². The van der Waals surface area contributed by atoms with Crippen molar-refractivity contribution in [1.29, 1.82) is 0 Å². The molecule has 0 spiro atoms. The summed E-state index contributed by atoms with van der Waals surface area (Å²) >= 11 is 6.22. The van der Waals surface area contributed by atoms with E-state index < -0.39 is 0 Å². The van der Waals surface area contributed by atoms with E-state index in [0.29, 0.717) is 34.0 Å². The van der Waals surface area contributed by atoms with Crippen LogP contribution in [0.25, 0.3) is 22.3 Å². The molecule has 4 aromatic rings. The Balaban J connectivity index is 1.76. The van der Waals surface area contributed by atoms with Crippen molar-refractivity contribution in [2.24, 2.45) is 0 Å². The van der Waals surface area contributed by atoms with Crippen molar-refractivity contribution in [1.82, 2.24) is 24.6 Å². The van der Waals surface area contributed by atoms with Gasteiger partial charge in [0.1, 0.15) is 0 Å². The molecule has 6 nitrogen and oxygen atoms in total. The number of rotatable bonds is 5. The van der Waals surface area contributed by atoms with Gasteiger partial charge in [-0.3, -0.25) is 14.5 Å². The molecule has 0 radical (unpaired) electrons. The lowest BCUT2D eigenvalue weighted by molar-refractivity contribution is 0.0787. The van der Waals surface area contributed by atoms with Crippen molar-refractivity contribution < 1.29 is 4.79 Å². The van der Waals surface area contributed by atoms with Crippen molar-refractivity contribution in [2.75, 3.05) is 7.05 Å². The number of carbonyl (C=O) groups excluding carboxylic acids is 1. The van der Waals surface area contributed by atoms with Gasteiger partial charge in [0.05, 0.1) is 28.7 Å². The Labute approximate surface area is 180 Å². The van der Waals surface area contributed by atoms with Crippen molar-refractivity contribution in [2.45, 2.75) is 26.9 Å². The number of hydrogen-bond acceptors (Lipinski definition) is 4. The summed E-state index contributed by atoms with van der Waals surface area (Å²) in [5.74, 6) is -0.106. The summed E-state index contributed by atoms with van der Waals surface area (Å²) in [6.45, 7) is 5.33. The quantitative estimate of drug-likeness (QED) is 0.468. The first-order valence-corrected chi connectivity index (χ1v) is 10.1. The molecule has 0 aliphatic carbocycles. The van der Waals surface area contributed by atoms with Gasteiger partial charge in [-0.25, -0.2) is 4.98 Å². The summed E-state index contributed by atoms with van der Waals surface area (Å²) in [6, 6.07) is 12.8. The first-order valence-electron chi connectivity index (χ1n) is 9.76. The molecule has 3 heterocycles. The Morgan fingerprint density at radius 1 is 1.17 bits per heavy atom. The molecule has 1 amide bonds. The van der Waals surface area contributed by atoms with Crippen LogP contribution in [0.5, 0.6) is 0 Å². The second-order valence-corrected chi connectivity index (χ2v) is 7.60. The number of aryl methyl sites for hydroxylation is 1. The van der Waals surface area contributed by atoms with E-state index in [-0.39, 0.29) is 5.91 Å². The van der Waals surface area contributed by atoms with Crippen molar-refractivity contribution >= 4 is 28.4 Å². The average Bonchev–Trinajstić information content (AvgIpc) is 3.12. The molecule has 1 aromatic carbocycles. The van der Waals surface area contributed by atoms with Crippen LogP contribution in [-0.2, 0) is 13.1 Å². The minimum absolute atomic E-state index is 0.106. The maximum atomic E-state index is 13.5. The maximum absolute atomic E-state index is 13.5. The molecule has 0 aliphatic rings. The van der Waals surface area contributed by atoms with Crippen LogP contribution in [0, 0.1) is 6.92 Å². The number of amides is 1. The van der Waals surface area contributed by atoms with Crippen LogP contribution in [-0.4, -0.2) is 37.6 Å². The Bertz CT molecular complexity index is 1220. The number of benzene rings is 1. The van der Waals surface area contributed by atoms with Crippen LogP contribution >= 0.6 is 11.6 Å². The van der Waals surface area contributed by atoms with Crippen LogP contribution in [0.1, 0.15) is 28.5 Å². The summed E-state index contributed by atoms with van der Waals surface area (Å²) in [6.07, 6.45) is 3.54. The van der Waals surface area contributed by atoms with E-state index in [4.69, 9.17) is 16.6 Å². The van der Waals surface area contributed by atoms with Crippen molar-refractivity contribution in [3.8, 4) is 11.4 Å². The Hall–Kier alpha value is -3.25. The standard InChI is InChI=1S/C23H22ClN5O/c1-4-29-15(2)16(13-26-29)14-28(3)23(30)19-12-22(21-7-5-6-10-25-21)27-20-9-8-17(24)11-18(19)20/h5-13H,4,14H2,1-3H3. The summed E-state index contributed by atoms with van der Waals surface area (Å²) < 4.78 is 1.93. The van der Waals surface area contributed by atoms with Crippen molar-refractivity contribution in [3.05, 3.63) is 76.7 Å². The molecular weight excluding hydrogens is 398 g/mol. The largest absolute Gasteiger partial charge is 0.337 e. The molecule has 4 rings (SSSR count). The lowest BCUT2D eigenvalue weighted by Crippen LogP contribution is -2.26. The zero-order valence-electron chi connectivity index (χ0n) is 17.1. The van der Waals surface area contributed by atoms with Gasteiger partial charge in [0.15, 0.2) is 0 Å². The number of nitrogens with zero attached hydrogens (tertiary/aromatic N) is 5. The van der Waals surface area contributed by atoms with Crippen LogP contribution in [0.2, 0.25) is 5.02 Å². The lowest BCUT2D eigenvalue weighted by Gasteiger charge is -2.19. The third kappa shape index (κ3) is 3.78. The van der Waals surface area contributed by atoms with E-state index in [9.17, 15) is 4.79 Å². The molecule has 0 aliphatic heterocycles. The fraction of sp³-hybridized carbons (Fsp3) is 0.217. The predicted molar refractivity (Wildman–Crippen MR) is 118 cm³/mol. The Morgan fingerprint density at radius 2 is 2.00 bits per heavy atom. The molecule has 0 unspecified atom stereocenters. The highest BCUT2D eigenvalue weighted by Gasteiger charge is 2.20. The first kappa shape index (κ1) is 20.0. The number of carbonyl (C=O) groups is 1. The van der Waals surface area contributed by atoms with E-state index in [2.05, 4.69) is 10.1 Å². The van der Waals surface area contributed by atoms with E-state index in [1.54, 1.807) is 36.3 Å². The van der Waals surface area contributed by atoms with Crippen LogP contribution in [0.4, 0.5) is 0 Å². The molecule has 152 valence electrons. The minimum atomic E-state index is -0.106. The van der Waals surface area contributed by atoms with Gasteiger partial charge in [-0.05, 0) is 50.2 Å². The fourth-order valence-corrected chi connectivity index (χ4v) is 3.68. The summed E-state index contributed by atoms with van der Waals surface area (Å²) in [7, 11) is 1.79. The maximum Gasteiger partial charge on any atom is 0.254 e. The molecule has 30 heavy (non-hydrogen) atoms. The van der Waals surface area contributed by atoms with Gasteiger partial charge in [-0.15, -0.1) is 0 Å². The third-order valence-corrected chi connectivity index (χ3v) is 5.42. The van der Waals surface area contributed by atoms with E-state index in [1.165, 1.54) is 0 Å². The Morgan fingerprint density at radius 3 is 2.70 bits per heavy atom. The Kier molecular flexibility index (Phi) is 5.50. The summed E-state index contributed by atoms with van der Waals surface area (Å²) in [4.78, 5) is 24.2. The van der Waals surface area contributed by atoms with Crippen LogP contribution in [0.15, 0.2) is 54.9 Å². The molecule has 3 aromatic heterocycles. The SMILES string of the molecule is CCn1ncc(CN(C)C(=O)c2cc(-c3ccccn3)nc3ccc(Cl)cc23)c1C. The monoisotopic (exact) mass is 419 g/mol. The molecule has 0 saturated heterocycles. The molecule has 0 atom stereocenters. The smallest absolute Gasteiger partial charge is 0.254 e.